The van der Waals surface area contributed by atoms with E-state index in [0.29, 0.717) is 31.3 Å². The molecule has 5 nitrogen and oxygen atoms in total. The molecule has 1 saturated heterocycles. The molecule has 2 aliphatic rings. The van der Waals surface area contributed by atoms with Gasteiger partial charge in [0.1, 0.15) is 5.82 Å². The van der Waals surface area contributed by atoms with Gasteiger partial charge in [0.25, 0.3) is 0 Å². The largest absolute Gasteiger partial charge is 0.352 e. The number of halogens is 1. The maximum Gasteiger partial charge on any atom is 0.237 e. The van der Waals surface area contributed by atoms with Crippen LogP contribution in [0.4, 0.5) is 4.39 Å². The summed E-state index contributed by atoms with van der Waals surface area (Å²) in [6.45, 7) is 4.74. The number of nitrogens with zero attached hydrogens (tertiary/aromatic N) is 2. The Hall–Kier alpha value is -1.60. The van der Waals surface area contributed by atoms with Crippen LogP contribution in [0, 0.1) is 5.82 Å². The Morgan fingerprint density at radius 2 is 1.85 bits per heavy atom. The molecule has 142 valence electrons. The summed E-state index contributed by atoms with van der Waals surface area (Å²) in [6, 6.07) is 6.58. The van der Waals surface area contributed by atoms with Gasteiger partial charge in [-0.05, 0) is 44.0 Å². The molecule has 1 saturated carbocycles. The van der Waals surface area contributed by atoms with E-state index < -0.39 is 0 Å². The number of piperazine rings is 1. The third kappa shape index (κ3) is 5.45. The zero-order chi connectivity index (χ0) is 18.5. The molecule has 1 atom stereocenters. The lowest BCUT2D eigenvalue weighted by Gasteiger charge is -2.37. The van der Waals surface area contributed by atoms with Gasteiger partial charge in [-0.15, -0.1) is 11.8 Å². The minimum absolute atomic E-state index is 0.1000. The van der Waals surface area contributed by atoms with Gasteiger partial charge in [-0.2, -0.15) is 0 Å². The first-order valence-electron chi connectivity index (χ1n) is 9.23. The highest BCUT2D eigenvalue weighted by molar-refractivity contribution is 7.99. The van der Waals surface area contributed by atoms with Crippen LogP contribution in [0.1, 0.15) is 26.2 Å². The van der Waals surface area contributed by atoms with Crippen molar-refractivity contribution in [3.63, 3.8) is 0 Å². The van der Waals surface area contributed by atoms with E-state index >= 15 is 0 Å². The molecule has 26 heavy (non-hydrogen) atoms. The zero-order valence-electron chi connectivity index (χ0n) is 15.1. The van der Waals surface area contributed by atoms with Crippen LogP contribution in [0.15, 0.2) is 29.2 Å². The van der Waals surface area contributed by atoms with Gasteiger partial charge in [0.05, 0.1) is 6.04 Å². The van der Waals surface area contributed by atoms with Crippen LogP contribution < -0.4 is 5.32 Å². The predicted octanol–water partition coefficient (Wildman–Crippen LogP) is 2.12. The minimum Gasteiger partial charge on any atom is -0.352 e. The lowest BCUT2D eigenvalue weighted by atomic mass is 10.2. The van der Waals surface area contributed by atoms with Crippen molar-refractivity contribution >= 4 is 23.6 Å². The number of carbonyl (C=O) groups excluding carboxylic acids is 2. The van der Waals surface area contributed by atoms with Crippen LogP contribution in [-0.2, 0) is 9.59 Å². The van der Waals surface area contributed by atoms with Gasteiger partial charge in [0.2, 0.25) is 11.8 Å². The summed E-state index contributed by atoms with van der Waals surface area (Å²) in [5, 5.41) is 3.04. The molecule has 1 aliphatic heterocycles. The highest BCUT2D eigenvalue weighted by atomic mass is 32.2. The first-order valence-corrected chi connectivity index (χ1v) is 10.2. The Morgan fingerprint density at radius 1 is 1.19 bits per heavy atom. The lowest BCUT2D eigenvalue weighted by molar-refractivity contribution is -0.133. The SMILES string of the molecule is CC(C(=O)NC1CC1)N1CCN(C(=O)CCSc2ccc(F)cc2)CC1. The maximum atomic E-state index is 12.9. The molecule has 0 aromatic heterocycles. The first-order chi connectivity index (χ1) is 12.5. The van der Waals surface area contributed by atoms with E-state index in [1.807, 2.05) is 11.8 Å². The summed E-state index contributed by atoms with van der Waals surface area (Å²) in [7, 11) is 0. The average molecular weight is 380 g/mol. The number of carbonyl (C=O) groups is 2. The standard InChI is InChI=1S/C19H26FN3O2S/c1-14(19(25)21-16-4-5-16)22-9-11-23(12-10-22)18(24)8-13-26-17-6-2-15(20)3-7-17/h2-3,6-7,14,16H,4-5,8-13H2,1H3,(H,21,25). The number of nitrogens with one attached hydrogen (secondary N) is 1. The van der Waals surface area contributed by atoms with Gasteiger partial charge in [0.15, 0.2) is 0 Å². The monoisotopic (exact) mass is 379 g/mol. The maximum absolute atomic E-state index is 12.9. The smallest absolute Gasteiger partial charge is 0.237 e. The van der Waals surface area contributed by atoms with E-state index in [1.54, 1.807) is 23.9 Å². The molecule has 1 N–H and O–H groups in total. The van der Waals surface area contributed by atoms with Crippen LogP contribution in [0.25, 0.3) is 0 Å². The van der Waals surface area contributed by atoms with Crippen molar-refractivity contribution in [3.05, 3.63) is 30.1 Å². The molecule has 1 heterocycles. The van der Waals surface area contributed by atoms with Crippen molar-refractivity contribution in [1.29, 1.82) is 0 Å². The summed E-state index contributed by atoms with van der Waals surface area (Å²) in [5.74, 6) is 0.686. The van der Waals surface area contributed by atoms with Crippen molar-refractivity contribution in [2.75, 3.05) is 31.9 Å². The summed E-state index contributed by atoms with van der Waals surface area (Å²) in [6.07, 6.45) is 2.66. The Balaban J connectivity index is 1.36. The van der Waals surface area contributed by atoms with E-state index in [9.17, 15) is 14.0 Å². The van der Waals surface area contributed by atoms with Gasteiger partial charge in [-0.25, -0.2) is 4.39 Å². The zero-order valence-corrected chi connectivity index (χ0v) is 15.9. The fraction of sp³-hybridized carbons (Fsp3) is 0.579. The quantitative estimate of drug-likeness (QED) is 0.738. The van der Waals surface area contributed by atoms with Crippen molar-refractivity contribution < 1.29 is 14.0 Å². The molecule has 0 bridgehead atoms. The van der Waals surface area contributed by atoms with Crippen molar-refractivity contribution in [2.45, 2.75) is 43.2 Å². The number of benzene rings is 1. The number of thioether (sulfide) groups is 1. The molecule has 1 aliphatic carbocycles. The summed E-state index contributed by atoms with van der Waals surface area (Å²) < 4.78 is 12.9. The highest BCUT2D eigenvalue weighted by Crippen LogP contribution is 2.20. The van der Waals surface area contributed by atoms with E-state index in [-0.39, 0.29) is 23.7 Å². The fourth-order valence-corrected chi connectivity index (χ4v) is 3.86. The van der Waals surface area contributed by atoms with Crippen molar-refractivity contribution in [3.8, 4) is 0 Å². The van der Waals surface area contributed by atoms with Gasteiger partial charge >= 0.3 is 0 Å². The number of hydrogen-bond donors (Lipinski definition) is 1. The Kier molecular flexibility index (Phi) is 6.53. The third-order valence-corrected chi connectivity index (χ3v) is 5.93. The first kappa shape index (κ1) is 19.2. The predicted molar refractivity (Wildman–Crippen MR) is 101 cm³/mol. The van der Waals surface area contributed by atoms with Crippen LogP contribution in [-0.4, -0.2) is 65.6 Å². The second kappa shape index (κ2) is 8.86. The third-order valence-electron chi connectivity index (χ3n) is 4.92. The van der Waals surface area contributed by atoms with Crippen molar-refractivity contribution in [1.82, 2.24) is 15.1 Å². The number of rotatable bonds is 7. The van der Waals surface area contributed by atoms with Gasteiger partial charge in [0, 0.05) is 49.3 Å². The van der Waals surface area contributed by atoms with E-state index in [2.05, 4.69) is 10.2 Å². The molecule has 3 rings (SSSR count). The molecule has 1 aromatic carbocycles. The Labute approximate surface area is 158 Å². The van der Waals surface area contributed by atoms with Gasteiger partial charge in [-0.3, -0.25) is 14.5 Å². The number of hydrogen-bond acceptors (Lipinski definition) is 4. The number of amides is 2. The van der Waals surface area contributed by atoms with Gasteiger partial charge in [-0.1, -0.05) is 0 Å². The summed E-state index contributed by atoms with van der Waals surface area (Å²) in [4.78, 5) is 29.5. The summed E-state index contributed by atoms with van der Waals surface area (Å²) in [5.41, 5.74) is 0. The minimum atomic E-state index is -0.247. The molecular weight excluding hydrogens is 353 g/mol. The molecule has 7 heteroatoms. The van der Waals surface area contributed by atoms with Crippen molar-refractivity contribution in [2.24, 2.45) is 0 Å². The second-order valence-electron chi connectivity index (χ2n) is 6.93. The molecule has 0 spiro atoms. The van der Waals surface area contributed by atoms with E-state index in [1.165, 1.54) is 12.1 Å². The van der Waals surface area contributed by atoms with Crippen LogP contribution in [0.3, 0.4) is 0 Å². The summed E-state index contributed by atoms with van der Waals surface area (Å²) >= 11 is 1.56. The normalized spacial score (nSPS) is 19.2. The lowest BCUT2D eigenvalue weighted by Crippen LogP contribution is -2.55. The fourth-order valence-electron chi connectivity index (χ4n) is 3.02. The second-order valence-corrected chi connectivity index (χ2v) is 8.10. The Morgan fingerprint density at radius 3 is 2.46 bits per heavy atom. The van der Waals surface area contributed by atoms with E-state index in [4.69, 9.17) is 0 Å². The van der Waals surface area contributed by atoms with E-state index in [0.717, 1.165) is 30.8 Å². The molecule has 1 aromatic rings. The average Bonchev–Trinajstić information content (AvgIpc) is 3.46. The molecule has 2 fully saturated rings. The van der Waals surface area contributed by atoms with Crippen LogP contribution in [0.5, 0.6) is 0 Å². The molecule has 0 radical (unpaired) electrons. The molecular formula is C19H26FN3O2S. The Bertz CT molecular complexity index is 628. The van der Waals surface area contributed by atoms with Crippen LogP contribution in [0.2, 0.25) is 0 Å². The topological polar surface area (TPSA) is 52.7 Å². The highest BCUT2D eigenvalue weighted by Gasteiger charge is 2.30. The molecule has 2 amide bonds. The van der Waals surface area contributed by atoms with Gasteiger partial charge < -0.3 is 10.2 Å². The molecule has 1 unspecified atom stereocenters. The van der Waals surface area contributed by atoms with Crippen LogP contribution >= 0.6 is 11.8 Å².